The number of carbonyl (C=O) groups excluding carboxylic acids is 4. The topological polar surface area (TPSA) is 116 Å². The first-order valence-corrected chi connectivity index (χ1v) is 10.1. The lowest BCUT2D eigenvalue weighted by molar-refractivity contribution is -0.119. The van der Waals surface area contributed by atoms with E-state index in [-0.39, 0.29) is 45.0 Å². The van der Waals surface area contributed by atoms with Crippen LogP contribution in [0.25, 0.3) is 0 Å². The van der Waals surface area contributed by atoms with E-state index < -0.39 is 30.1 Å². The largest absolute Gasteiger partial charge is 0.452 e. The third kappa shape index (κ3) is 3.78. The number of rotatable bonds is 4. The standard InChI is InChI=1S/C23H14BrFN2O5/c24-11-5-8-17(16(25)9-11)27-18(28)10-32-23(31)15-7-6-14-19(20(15)26)22(30)13-4-2-1-3-12(13)21(14)29/h1-9H,10,26H2,(H,27,28). The van der Waals surface area contributed by atoms with Crippen molar-refractivity contribution in [2.75, 3.05) is 17.7 Å². The molecule has 0 bridgehead atoms. The van der Waals surface area contributed by atoms with Gasteiger partial charge in [0.25, 0.3) is 5.91 Å². The molecular weight excluding hydrogens is 483 g/mol. The van der Waals surface area contributed by atoms with Gasteiger partial charge in [-0.25, -0.2) is 9.18 Å². The molecule has 1 aliphatic carbocycles. The van der Waals surface area contributed by atoms with Crippen LogP contribution in [0.1, 0.15) is 42.2 Å². The molecule has 0 aromatic heterocycles. The third-order valence-corrected chi connectivity index (χ3v) is 5.39. The molecule has 1 amide bonds. The summed E-state index contributed by atoms with van der Waals surface area (Å²) in [5.74, 6) is -3.25. The molecule has 160 valence electrons. The maximum absolute atomic E-state index is 13.8. The Hall–Kier alpha value is -3.85. The molecular formula is C23H14BrFN2O5. The maximum atomic E-state index is 13.8. The lowest BCUT2D eigenvalue weighted by Crippen LogP contribution is -2.25. The molecule has 3 N–H and O–H groups in total. The summed E-state index contributed by atoms with van der Waals surface area (Å²) in [6.07, 6.45) is 0. The van der Waals surface area contributed by atoms with Gasteiger partial charge in [0.2, 0.25) is 0 Å². The molecule has 0 saturated heterocycles. The first-order chi connectivity index (χ1) is 15.3. The van der Waals surface area contributed by atoms with Crippen molar-refractivity contribution in [2.24, 2.45) is 0 Å². The van der Waals surface area contributed by atoms with Gasteiger partial charge in [0.05, 0.1) is 22.5 Å². The van der Waals surface area contributed by atoms with Gasteiger partial charge in [-0.2, -0.15) is 0 Å². The van der Waals surface area contributed by atoms with E-state index in [0.29, 0.717) is 4.47 Å². The van der Waals surface area contributed by atoms with E-state index in [1.54, 1.807) is 18.2 Å². The number of amides is 1. The van der Waals surface area contributed by atoms with Crippen LogP contribution in [-0.4, -0.2) is 30.0 Å². The van der Waals surface area contributed by atoms with Crippen LogP contribution in [0.4, 0.5) is 15.8 Å². The normalized spacial score (nSPS) is 12.1. The molecule has 0 aliphatic heterocycles. The van der Waals surface area contributed by atoms with Gasteiger partial charge < -0.3 is 15.8 Å². The summed E-state index contributed by atoms with van der Waals surface area (Å²) in [5.41, 5.74) is 6.07. The van der Waals surface area contributed by atoms with Crippen molar-refractivity contribution in [3.63, 3.8) is 0 Å². The van der Waals surface area contributed by atoms with E-state index >= 15 is 0 Å². The summed E-state index contributed by atoms with van der Waals surface area (Å²) in [6.45, 7) is -0.708. The van der Waals surface area contributed by atoms with E-state index in [4.69, 9.17) is 10.5 Å². The Morgan fingerprint density at radius 2 is 1.66 bits per heavy atom. The Balaban J connectivity index is 1.52. The van der Waals surface area contributed by atoms with Crippen LogP contribution >= 0.6 is 15.9 Å². The highest BCUT2D eigenvalue weighted by atomic mass is 79.9. The number of hydrogen-bond donors (Lipinski definition) is 2. The van der Waals surface area contributed by atoms with E-state index in [1.165, 1.54) is 36.4 Å². The smallest absolute Gasteiger partial charge is 0.340 e. The second-order valence-electron chi connectivity index (χ2n) is 6.90. The molecule has 0 saturated carbocycles. The minimum Gasteiger partial charge on any atom is -0.452 e. The number of benzene rings is 3. The molecule has 0 radical (unpaired) electrons. The molecule has 3 aromatic rings. The number of fused-ring (bicyclic) bond motifs is 2. The van der Waals surface area contributed by atoms with E-state index in [9.17, 15) is 23.6 Å². The predicted molar refractivity (Wildman–Crippen MR) is 117 cm³/mol. The number of hydrogen-bond acceptors (Lipinski definition) is 6. The predicted octanol–water partition coefficient (Wildman–Crippen LogP) is 3.74. The van der Waals surface area contributed by atoms with Crippen molar-refractivity contribution >= 4 is 50.7 Å². The van der Waals surface area contributed by atoms with Crippen LogP contribution in [-0.2, 0) is 9.53 Å². The molecule has 0 fully saturated rings. The Morgan fingerprint density at radius 3 is 2.34 bits per heavy atom. The average molecular weight is 497 g/mol. The van der Waals surface area contributed by atoms with Gasteiger partial charge in [0.15, 0.2) is 18.2 Å². The highest BCUT2D eigenvalue weighted by Crippen LogP contribution is 2.32. The van der Waals surface area contributed by atoms with Crippen LogP contribution in [0.3, 0.4) is 0 Å². The average Bonchev–Trinajstić information content (AvgIpc) is 2.77. The number of anilines is 2. The molecule has 1 aliphatic rings. The first kappa shape index (κ1) is 21.4. The zero-order valence-electron chi connectivity index (χ0n) is 16.3. The minimum atomic E-state index is -0.962. The van der Waals surface area contributed by atoms with Crippen LogP contribution in [0, 0.1) is 5.82 Å². The fraction of sp³-hybridized carbons (Fsp3) is 0.0435. The van der Waals surface area contributed by atoms with Crippen LogP contribution < -0.4 is 11.1 Å². The van der Waals surface area contributed by atoms with Gasteiger partial charge in [-0.1, -0.05) is 40.2 Å². The van der Waals surface area contributed by atoms with Gasteiger partial charge in [-0.15, -0.1) is 0 Å². The molecule has 0 heterocycles. The van der Waals surface area contributed by atoms with Gasteiger partial charge >= 0.3 is 5.97 Å². The van der Waals surface area contributed by atoms with Crippen LogP contribution in [0.2, 0.25) is 0 Å². The van der Waals surface area contributed by atoms with Crippen molar-refractivity contribution in [3.05, 3.63) is 92.7 Å². The highest BCUT2D eigenvalue weighted by Gasteiger charge is 2.33. The fourth-order valence-corrected chi connectivity index (χ4v) is 3.71. The van der Waals surface area contributed by atoms with E-state index in [2.05, 4.69) is 21.2 Å². The Bertz CT molecular complexity index is 1320. The lowest BCUT2D eigenvalue weighted by atomic mass is 9.82. The second kappa shape index (κ2) is 8.35. The zero-order chi connectivity index (χ0) is 23.0. The van der Waals surface area contributed by atoms with Crippen molar-refractivity contribution in [1.29, 1.82) is 0 Å². The highest BCUT2D eigenvalue weighted by molar-refractivity contribution is 9.10. The Labute approximate surface area is 189 Å². The molecule has 0 spiro atoms. The molecule has 4 rings (SSSR count). The van der Waals surface area contributed by atoms with Crippen molar-refractivity contribution in [1.82, 2.24) is 0 Å². The summed E-state index contributed by atoms with van der Waals surface area (Å²) < 4.78 is 19.3. The van der Waals surface area contributed by atoms with Gasteiger partial charge in [-0.3, -0.25) is 14.4 Å². The molecule has 0 atom stereocenters. The summed E-state index contributed by atoms with van der Waals surface area (Å²) >= 11 is 3.11. The van der Waals surface area contributed by atoms with Crippen molar-refractivity contribution < 1.29 is 28.3 Å². The quantitative estimate of drug-likeness (QED) is 0.328. The number of nitrogen functional groups attached to an aromatic ring is 1. The van der Waals surface area contributed by atoms with E-state index in [1.807, 2.05) is 0 Å². The lowest BCUT2D eigenvalue weighted by Gasteiger charge is -2.20. The summed E-state index contributed by atoms with van der Waals surface area (Å²) in [4.78, 5) is 50.1. The molecule has 9 heteroatoms. The minimum absolute atomic E-state index is 0.0784. The Morgan fingerprint density at radius 1 is 0.969 bits per heavy atom. The number of ketones is 2. The van der Waals surface area contributed by atoms with Crippen molar-refractivity contribution in [3.8, 4) is 0 Å². The van der Waals surface area contributed by atoms with Gasteiger partial charge in [0, 0.05) is 21.2 Å². The maximum Gasteiger partial charge on any atom is 0.340 e. The number of esters is 1. The van der Waals surface area contributed by atoms with Gasteiger partial charge in [0.1, 0.15) is 5.82 Å². The summed E-state index contributed by atoms with van der Waals surface area (Å²) in [6, 6.07) is 13.0. The molecule has 7 nitrogen and oxygen atoms in total. The monoisotopic (exact) mass is 496 g/mol. The van der Waals surface area contributed by atoms with Gasteiger partial charge in [-0.05, 0) is 30.3 Å². The molecule has 0 unspecified atom stereocenters. The molecule has 3 aromatic carbocycles. The zero-order valence-corrected chi connectivity index (χ0v) is 17.9. The Kier molecular flexibility index (Phi) is 5.58. The number of nitrogens with one attached hydrogen (secondary N) is 1. The fourth-order valence-electron chi connectivity index (χ4n) is 3.38. The number of nitrogens with two attached hydrogens (primary N) is 1. The number of carbonyl (C=O) groups is 4. The van der Waals surface area contributed by atoms with E-state index in [0.717, 1.165) is 0 Å². The first-order valence-electron chi connectivity index (χ1n) is 9.31. The van der Waals surface area contributed by atoms with Crippen LogP contribution in [0.5, 0.6) is 0 Å². The number of halogens is 2. The molecule has 32 heavy (non-hydrogen) atoms. The summed E-state index contributed by atoms with van der Waals surface area (Å²) in [7, 11) is 0. The van der Waals surface area contributed by atoms with Crippen molar-refractivity contribution in [2.45, 2.75) is 0 Å². The third-order valence-electron chi connectivity index (χ3n) is 4.89. The SMILES string of the molecule is Nc1c(C(=O)OCC(=O)Nc2ccc(Br)cc2F)ccc2c1C(=O)c1ccccc1C2=O. The number of ether oxygens (including phenoxy) is 1. The second-order valence-corrected chi connectivity index (χ2v) is 7.82. The summed E-state index contributed by atoms with van der Waals surface area (Å²) in [5, 5.41) is 2.29. The van der Waals surface area contributed by atoms with Crippen LogP contribution in [0.15, 0.2) is 59.1 Å².